The summed E-state index contributed by atoms with van der Waals surface area (Å²) in [6.45, 7) is 14.9. The first-order valence-corrected chi connectivity index (χ1v) is 21.7. The zero-order valence-electron chi connectivity index (χ0n) is 33.0. The summed E-state index contributed by atoms with van der Waals surface area (Å²) in [4.78, 5) is 12.5. The van der Waals surface area contributed by atoms with Gasteiger partial charge in [0.05, 0.1) is 6.10 Å². The van der Waals surface area contributed by atoms with Gasteiger partial charge in [-0.05, 0) is 104 Å². The lowest BCUT2D eigenvalue weighted by Gasteiger charge is -2.58. The normalized spacial score (nSPS) is 32.7. The molecule has 0 aliphatic heterocycles. The first-order chi connectivity index (χ1) is 23.1. The highest BCUT2D eigenvalue weighted by Crippen LogP contribution is 2.67. The Morgan fingerprint density at radius 3 is 2.00 bits per heavy atom. The SMILES string of the molecule is CCCCCCCCCCCCCCCCC(O[C@H]1CC[C@@]2(C)C(=CC[C@H]3[C@@H]4CC[C@H]([C@H](C)CCCC(C)C)[C@@]4(C)CC[C@@H]32)C1)C(N)=O. The highest BCUT2D eigenvalue weighted by molar-refractivity contribution is 5.78. The number of fused-ring (bicyclic) bond motifs is 5. The Hall–Kier alpha value is -0.830. The molecule has 0 bridgehead atoms. The second-order valence-corrected chi connectivity index (χ2v) is 18.6. The molecule has 3 heteroatoms. The maximum atomic E-state index is 12.5. The predicted molar refractivity (Wildman–Crippen MR) is 206 cm³/mol. The number of unbranched alkanes of at least 4 members (excludes halogenated alkanes) is 13. The number of nitrogens with two attached hydrogens (primary N) is 1. The molecule has 0 aromatic heterocycles. The van der Waals surface area contributed by atoms with E-state index in [0.717, 1.165) is 61.2 Å². The summed E-state index contributed by atoms with van der Waals surface area (Å²) in [5.74, 6) is 4.97. The Bertz CT molecular complexity index is 972. The Morgan fingerprint density at radius 1 is 0.771 bits per heavy atom. The highest BCUT2D eigenvalue weighted by Gasteiger charge is 2.59. The number of hydrogen-bond acceptors (Lipinski definition) is 2. The molecule has 48 heavy (non-hydrogen) atoms. The Balaban J connectivity index is 1.17. The van der Waals surface area contributed by atoms with Gasteiger partial charge in [-0.15, -0.1) is 0 Å². The van der Waals surface area contributed by atoms with Crippen LogP contribution in [0.1, 0.15) is 208 Å². The van der Waals surface area contributed by atoms with Crippen molar-refractivity contribution < 1.29 is 9.53 Å². The molecular weight excluding hydrogens is 587 g/mol. The van der Waals surface area contributed by atoms with E-state index < -0.39 is 6.10 Å². The minimum Gasteiger partial charge on any atom is -0.367 e. The number of carbonyl (C=O) groups excluding carboxylic acids is 1. The number of ether oxygens (including phenoxy) is 1. The lowest BCUT2D eigenvalue weighted by molar-refractivity contribution is -0.136. The summed E-state index contributed by atoms with van der Waals surface area (Å²) in [5, 5.41) is 0. The van der Waals surface area contributed by atoms with E-state index in [1.165, 1.54) is 141 Å². The van der Waals surface area contributed by atoms with E-state index in [0.29, 0.717) is 10.8 Å². The summed E-state index contributed by atoms with van der Waals surface area (Å²) in [7, 11) is 0. The third kappa shape index (κ3) is 10.6. The molecule has 0 aromatic carbocycles. The van der Waals surface area contributed by atoms with Crippen LogP contribution in [0.4, 0.5) is 0 Å². The molecule has 2 N–H and O–H groups in total. The van der Waals surface area contributed by atoms with Crippen LogP contribution in [-0.2, 0) is 9.53 Å². The largest absolute Gasteiger partial charge is 0.367 e. The van der Waals surface area contributed by atoms with E-state index >= 15 is 0 Å². The van der Waals surface area contributed by atoms with E-state index in [9.17, 15) is 4.79 Å². The van der Waals surface area contributed by atoms with Gasteiger partial charge < -0.3 is 10.5 Å². The van der Waals surface area contributed by atoms with Crippen molar-refractivity contribution in [1.29, 1.82) is 0 Å². The van der Waals surface area contributed by atoms with Gasteiger partial charge in [-0.3, -0.25) is 4.79 Å². The second kappa shape index (κ2) is 19.7. The van der Waals surface area contributed by atoms with E-state index in [1.54, 1.807) is 5.57 Å². The van der Waals surface area contributed by atoms with E-state index in [2.05, 4.69) is 47.6 Å². The standard InChI is InChI=1S/C45H81NO2/c1-7-8-9-10-11-12-13-14-15-16-17-18-19-20-24-42(43(46)47)48-37-29-31-44(5)36(33-37)25-26-38-40-28-27-39(35(4)23-21-22-34(2)3)45(40,6)32-30-41(38)44/h25,34-35,37-42H,7-24,26-33H2,1-6H3,(H2,46,47)/t35-,37+,38+,39-,40+,41+,42?,44+,45-/m1/s1. The van der Waals surface area contributed by atoms with Crippen LogP contribution >= 0.6 is 0 Å². The van der Waals surface area contributed by atoms with Crippen LogP contribution in [0.15, 0.2) is 11.6 Å². The lowest BCUT2D eigenvalue weighted by Crippen LogP contribution is -2.51. The van der Waals surface area contributed by atoms with Crippen molar-refractivity contribution >= 4 is 5.91 Å². The molecule has 0 aromatic rings. The summed E-state index contributed by atoms with van der Waals surface area (Å²) < 4.78 is 6.55. The van der Waals surface area contributed by atoms with E-state index in [-0.39, 0.29) is 12.0 Å². The third-order valence-corrected chi connectivity index (χ3v) is 14.8. The minimum absolute atomic E-state index is 0.154. The first-order valence-electron chi connectivity index (χ1n) is 21.7. The van der Waals surface area contributed by atoms with Gasteiger partial charge in [-0.1, -0.05) is 162 Å². The Kier molecular flexibility index (Phi) is 16.4. The van der Waals surface area contributed by atoms with Crippen molar-refractivity contribution in [3.8, 4) is 0 Å². The molecular formula is C45H81NO2. The molecule has 9 atom stereocenters. The molecule has 4 aliphatic rings. The molecule has 0 saturated heterocycles. The summed E-state index contributed by atoms with van der Waals surface area (Å²) in [6.07, 6.45) is 36.7. The number of amides is 1. The van der Waals surface area contributed by atoms with Gasteiger partial charge >= 0.3 is 0 Å². The molecule has 3 fully saturated rings. The van der Waals surface area contributed by atoms with Crippen molar-refractivity contribution in [3.63, 3.8) is 0 Å². The predicted octanol–water partition coefficient (Wildman–Crippen LogP) is 13.1. The maximum absolute atomic E-state index is 12.5. The molecule has 278 valence electrons. The fourth-order valence-corrected chi connectivity index (χ4v) is 11.8. The van der Waals surface area contributed by atoms with Crippen molar-refractivity contribution in [2.75, 3.05) is 0 Å². The molecule has 3 nitrogen and oxygen atoms in total. The average Bonchev–Trinajstić information content (AvgIpc) is 3.41. The first kappa shape index (κ1) is 39.9. The zero-order valence-corrected chi connectivity index (χ0v) is 33.0. The fourth-order valence-electron chi connectivity index (χ4n) is 11.8. The van der Waals surface area contributed by atoms with Gasteiger partial charge in [-0.25, -0.2) is 0 Å². The topological polar surface area (TPSA) is 52.3 Å². The molecule has 3 saturated carbocycles. The summed E-state index contributed by atoms with van der Waals surface area (Å²) in [5.41, 5.74) is 8.43. The maximum Gasteiger partial charge on any atom is 0.246 e. The zero-order chi connectivity index (χ0) is 34.6. The van der Waals surface area contributed by atoms with Gasteiger partial charge in [0.1, 0.15) is 6.10 Å². The lowest BCUT2D eigenvalue weighted by atomic mass is 9.47. The minimum atomic E-state index is -0.415. The Morgan fingerprint density at radius 2 is 1.40 bits per heavy atom. The second-order valence-electron chi connectivity index (χ2n) is 18.6. The van der Waals surface area contributed by atoms with Gasteiger partial charge in [0.2, 0.25) is 5.91 Å². The van der Waals surface area contributed by atoms with Crippen LogP contribution in [0.2, 0.25) is 0 Å². The van der Waals surface area contributed by atoms with Crippen LogP contribution in [-0.4, -0.2) is 18.1 Å². The smallest absolute Gasteiger partial charge is 0.246 e. The number of allylic oxidation sites excluding steroid dienone is 1. The average molecular weight is 668 g/mol. The number of hydrogen-bond donors (Lipinski definition) is 1. The van der Waals surface area contributed by atoms with Crippen LogP contribution < -0.4 is 5.73 Å². The highest BCUT2D eigenvalue weighted by atomic mass is 16.5. The van der Waals surface area contributed by atoms with Crippen LogP contribution in [0, 0.1) is 46.3 Å². The molecule has 1 amide bonds. The monoisotopic (exact) mass is 668 g/mol. The molecule has 0 heterocycles. The number of rotatable bonds is 23. The molecule has 1 unspecified atom stereocenters. The molecule has 0 spiro atoms. The van der Waals surface area contributed by atoms with Crippen LogP contribution in [0.25, 0.3) is 0 Å². The molecule has 4 rings (SSSR count). The number of primary amides is 1. The van der Waals surface area contributed by atoms with E-state index in [4.69, 9.17) is 10.5 Å². The van der Waals surface area contributed by atoms with Gasteiger partial charge in [0, 0.05) is 0 Å². The van der Waals surface area contributed by atoms with Crippen molar-refractivity contribution in [2.24, 2.45) is 52.1 Å². The molecule has 0 radical (unpaired) electrons. The quantitative estimate of drug-likeness (QED) is 0.0871. The summed E-state index contributed by atoms with van der Waals surface area (Å²) >= 11 is 0. The van der Waals surface area contributed by atoms with Crippen molar-refractivity contribution in [1.82, 2.24) is 0 Å². The van der Waals surface area contributed by atoms with Gasteiger partial charge in [-0.2, -0.15) is 0 Å². The molecule has 4 aliphatic carbocycles. The fraction of sp³-hybridized carbons (Fsp3) is 0.933. The van der Waals surface area contributed by atoms with Crippen LogP contribution in [0.5, 0.6) is 0 Å². The van der Waals surface area contributed by atoms with E-state index in [1.807, 2.05) is 0 Å². The van der Waals surface area contributed by atoms with Crippen molar-refractivity contribution in [3.05, 3.63) is 11.6 Å². The van der Waals surface area contributed by atoms with Crippen LogP contribution in [0.3, 0.4) is 0 Å². The van der Waals surface area contributed by atoms with Gasteiger partial charge in [0.15, 0.2) is 0 Å². The third-order valence-electron chi connectivity index (χ3n) is 14.8. The van der Waals surface area contributed by atoms with Gasteiger partial charge in [0.25, 0.3) is 0 Å². The van der Waals surface area contributed by atoms with Crippen molar-refractivity contribution in [2.45, 2.75) is 221 Å². The number of carbonyl (C=O) groups is 1. The Labute approximate surface area is 299 Å². The summed E-state index contributed by atoms with van der Waals surface area (Å²) in [6, 6.07) is 0.